The van der Waals surface area contributed by atoms with E-state index in [2.05, 4.69) is 19.9 Å². The number of rotatable bonds is 2. The average molecular weight is 238 g/mol. The van der Waals surface area contributed by atoms with E-state index in [1.165, 1.54) is 18.7 Å². The maximum Gasteiger partial charge on any atom is 0.313 e. The molecule has 7 nitrogen and oxygen atoms in total. The Labute approximate surface area is 94.3 Å². The van der Waals surface area contributed by atoms with E-state index in [0.717, 1.165) is 6.20 Å². The Balaban J connectivity index is 2.63. The SMILES string of the molecule is O=[N+]([O-])c1cnc(Cl)nc1-c1cncnc1. The Hall–Kier alpha value is -2.15. The fourth-order valence-electron chi connectivity index (χ4n) is 1.12. The van der Waals surface area contributed by atoms with Crippen molar-refractivity contribution in [3.05, 3.63) is 40.3 Å². The first-order valence-corrected chi connectivity index (χ1v) is 4.48. The lowest BCUT2D eigenvalue weighted by Crippen LogP contribution is -1.97. The van der Waals surface area contributed by atoms with Crippen LogP contribution in [0.3, 0.4) is 0 Å². The van der Waals surface area contributed by atoms with Gasteiger partial charge in [0.2, 0.25) is 5.28 Å². The van der Waals surface area contributed by atoms with Crippen LogP contribution in [0.5, 0.6) is 0 Å². The van der Waals surface area contributed by atoms with E-state index in [4.69, 9.17) is 11.6 Å². The van der Waals surface area contributed by atoms with Gasteiger partial charge in [-0.25, -0.2) is 19.9 Å². The summed E-state index contributed by atoms with van der Waals surface area (Å²) in [5, 5.41) is 10.7. The molecule has 0 aliphatic rings. The second-order valence-electron chi connectivity index (χ2n) is 2.76. The van der Waals surface area contributed by atoms with Crippen molar-refractivity contribution in [1.82, 2.24) is 19.9 Å². The van der Waals surface area contributed by atoms with Crippen molar-refractivity contribution in [2.45, 2.75) is 0 Å². The minimum absolute atomic E-state index is 0.0653. The van der Waals surface area contributed by atoms with Crippen LogP contribution in [0.2, 0.25) is 5.28 Å². The molecule has 2 aromatic heterocycles. The quantitative estimate of drug-likeness (QED) is 0.446. The van der Waals surface area contributed by atoms with Gasteiger partial charge in [0.1, 0.15) is 12.5 Å². The predicted octanol–water partition coefficient (Wildman–Crippen LogP) is 1.50. The molecule has 0 atom stereocenters. The fraction of sp³-hybridized carbons (Fsp3) is 0. The normalized spacial score (nSPS) is 10.1. The molecule has 0 spiro atoms. The Morgan fingerprint density at radius 2 is 1.94 bits per heavy atom. The van der Waals surface area contributed by atoms with Gasteiger partial charge < -0.3 is 0 Å². The maximum absolute atomic E-state index is 10.7. The molecule has 0 aliphatic heterocycles. The van der Waals surface area contributed by atoms with E-state index in [1.54, 1.807) is 0 Å². The third kappa shape index (κ3) is 1.94. The highest BCUT2D eigenvalue weighted by atomic mass is 35.5. The molecule has 0 bridgehead atoms. The summed E-state index contributed by atoms with van der Waals surface area (Å²) in [6.45, 7) is 0. The van der Waals surface area contributed by atoms with Gasteiger partial charge >= 0.3 is 5.69 Å². The molecule has 0 fully saturated rings. The zero-order valence-electron chi connectivity index (χ0n) is 7.74. The summed E-state index contributed by atoms with van der Waals surface area (Å²) in [4.78, 5) is 25.0. The number of hydrogen-bond donors (Lipinski definition) is 0. The lowest BCUT2D eigenvalue weighted by Gasteiger charge is -2.00. The molecule has 2 rings (SSSR count). The Morgan fingerprint density at radius 3 is 2.56 bits per heavy atom. The van der Waals surface area contributed by atoms with Crippen molar-refractivity contribution in [1.29, 1.82) is 0 Å². The van der Waals surface area contributed by atoms with Crippen LogP contribution in [0, 0.1) is 10.1 Å². The molecule has 0 saturated heterocycles. The Bertz CT molecular complexity index is 533. The fourth-order valence-corrected chi connectivity index (χ4v) is 1.25. The number of aromatic nitrogens is 4. The molecule has 0 unspecified atom stereocenters. The maximum atomic E-state index is 10.7. The van der Waals surface area contributed by atoms with Crippen molar-refractivity contribution >= 4 is 17.3 Å². The molecule has 0 amide bonds. The summed E-state index contributed by atoms with van der Waals surface area (Å²) >= 11 is 5.59. The smallest absolute Gasteiger partial charge is 0.258 e. The van der Waals surface area contributed by atoms with Crippen LogP contribution in [-0.2, 0) is 0 Å². The molecule has 8 heteroatoms. The number of halogens is 1. The molecule has 0 aliphatic carbocycles. The lowest BCUT2D eigenvalue weighted by atomic mass is 10.2. The van der Waals surface area contributed by atoms with E-state index in [0.29, 0.717) is 5.56 Å². The predicted molar refractivity (Wildman–Crippen MR) is 54.7 cm³/mol. The molecule has 0 aromatic carbocycles. The first kappa shape index (κ1) is 10.4. The largest absolute Gasteiger partial charge is 0.313 e. The number of nitro groups is 1. The van der Waals surface area contributed by atoms with Gasteiger partial charge in [0.05, 0.1) is 4.92 Å². The van der Waals surface area contributed by atoms with E-state index in [-0.39, 0.29) is 16.7 Å². The molecule has 0 saturated carbocycles. The number of hydrogen-bond acceptors (Lipinski definition) is 6. The summed E-state index contributed by atoms with van der Waals surface area (Å²) in [7, 11) is 0. The third-order valence-corrected chi connectivity index (χ3v) is 1.95. The van der Waals surface area contributed by atoms with Crippen molar-refractivity contribution in [2.75, 3.05) is 0 Å². The molecule has 0 N–H and O–H groups in total. The van der Waals surface area contributed by atoms with Crippen molar-refractivity contribution < 1.29 is 4.92 Å². The van der Waals surface area contributed by atoms with Crippen LogP contribution in [0.15, 0.2) is 24.9 Å². The summed E-state index contributed by atoms with van der Waals surface area (Å²) in [5.74, 6) is 0. The van der Waals surface area contributed by atoms with E-state index < -0.39 is 4.92 Å². The summed E-state index contributed by atoms with van der Waals surface area (Å²) in [5.41, 5.74) is 0.281. The van der Waals surface area contributed by atoms with Crippen LogP contribution in [0.4, 0.5) is 5.69 Å². The lowest BCUT2D eigenvalue weighted by molar-refractivity contribution is -0.384. The Kier molecular flexibility index (Phi) is 2.69. The average Bonchev–Trinajstić information content (AvgIpc) is 2.29. The van der Waals surface area contributed by atoms with Crippen LogP contribution in [0.25, 0.3) is 11.3 Å². The van der Waals surface area contributed by atoms with Crippen LogP contribution >= 0.6 is 11.6 Å². The van der Waals surface area contributed by atoms with Gasteiger partial charge in [-0.1, -0.05) is 0 Å². The second kappa shape index (κ2) is 4.15. The highest BCUT2D eigenvalue weighted by Crippen LogP contribution is 2.26. The van der Waals surface area contributed by atoms with Crippen LogP contribution in [-0.4, -0.2) is 24.9 Å². The van der Waals surface area contributed by atoms with Gasteiger partial charge in [-0.05, 0) is 11.6 Å². The van der Waals surface area contributed by atoms with E-state index in [9.17, 15) is 10.1 Å². The third-order valence-electron chi connectivity index (χ3n) is 1.77. The van der Waals surface area contributed by atoms with Crippen molar-refractivity contribution in [3.63, 3.8) is 0 Å². The van der Waals surface area contributed by atoms with Gasteiger partial charge in [-0.3, -0.25) is 10.1 Å². The highest BCUT2D eigenvalue weighted by molar-refractivity contribution is 6.28. The van der Waals surface area contributed by atoms with Crippen molar-refractivity contribution in [2.24, 2.45) is 0 Å². The monoisotopic (exact) mass is 237 g/mol. The molecular formula is C8H4ClN5O2. The molecular weight excluding hydrogens is 234 g/mol. The van der Waals surface area contributed by atoms with Crippen LogP contribution < -0.4 is 0 Å². The molecule has 2 aromatic rings. The van der Waals surface area contributed by atoms with Gasteiger partial charge in [0, 0.05) is 18.0 Å². The second-order valence-corrected chi connectivity index (χ2v) is 3.10. The molecule has 16 heavy (non-hydrogen) atoms. The summed E-state index contributed by atoms with van der Waals surface area (Å²) < 4.78 is 0. The van der Waals surface area contributed by atoms with E-state index >= 15 is 0 Å². The van der Waals surface area contributed by atoms with E-state index in [1.807, 2.05) is 0 Å². The molecule has 0 radical (unpaired) electrons. The zero-order valence-corrected chi connectivity index (χ0v) is 8.50. The van der Waals surface area contributed by atoms with Gasteiger partial charge in [0.25, 0.3) is 0 Å². The summed E-state index contributed by atoms with van der Waals surface area (Å²) in [6.07, 6.45) is 5.20. The topological polar surface area (TPSA) is 94.7 Å². The molecule has 80 valence electrons. The zero-order chi connectivity index (χ0) is 11.5. The minimum atomic E-state index is -0.585. The van der Waals surface area contributed by atoms with Gasteiger partial charge in [0.15, 0.2) is 5.69 Å². The van der Waals surface area contributed by atoms with Crippen molar-refractivity contribution in [3.8, 4) is 11.3 Å². The minimum Gasteiger partial charge on any atom is -0.258 e. The number of nitrogens with zero attached hydrogens (tertiary/aromatic N) is 5. The van der Waals surface area contributed by atoms with Crippen LogP contribution in [0.1, 0.15) is 0 Å². The standard InChI is InChI=1S/C8H4ClN5O2/c9-8-12-3-6(14(15)16)7(13-8)5-1-10-4-11-2-5/h1-4H. The first-order valence-electron chi connectivity index (χ1n) is 4.11. The van der Waals surface area contributed by atoms with Gasteiger partial charge in [-0.2, -0.15) is 0 Å². The first-order chi connectivity index (χ1) is 7.68. The van der Waals surface area contributed by atoms with Gasteiger partial charge in [-0.15, -0.1) is 0 Å². The highest BCUT2D eigenvalue weighted by Gasteiger charge is 2.18. The molecule has 2 heterocycles. The Morgan fingerprint density at radius 1 is 1.25 bits per heavy atom. The summed E-state index contributed by atoms with van der Waals surface area (Å²) in [6, 6.07) is 0.